The lowest BCUT2D eigenvalue weighted by Crippen LogP contribution is -2.32. The van der Waals surface area contributed by atoms with E-state index in [0.29, 0.717) is 29.3 Å². The third-order valence-electron chi connectivity index (χ3n) is 5.28. The Morgan fingerprint density at radius 2 is 1.82 bits per heavy atom. The van der Waals surface area contributed by atoms with Crippen LogP contribution in [0.15, 0.2) is 42.5 Å². The van der Waals surface area contributed by atoms with E-state index in [9.17, 15) is 9.59 Å². The Labute approximate surface area is 166 Å². The van der Waals surface area contributed by atoms with Crippen molar-refractivity contribution in [2.45, 2.75) is 33.1 Å². The highest BCUT2D eigenvalue weighted by Crippen LogP contribution is 2.20. The molecule has 5 heteroatoms. The van der Waals surface area contributed by atoms with Gasteiger partial charge in [0.1, 0.15) is 0 Å². The summed E-state index contributed by atoms with van der Waals surface area (Å²) in [5.74, 6) is 0.198. The monoisotopic (exact) mass is 380 g/mol. The van der Waals surface area contributed by atoms with E-state index in [1.807, 2.05) is 44.2 Å². The molecule has 0 bridgehead atoms. The van der Waals surface area contributed by atoms with E-state index in [2.05, 4.69) is 10.6 Å². The SMILES string of the molecule is CCc1ccccc1C(=O)Nc1cc(C(=O)NCC2CCOCC2)ccc1C. The zero-order valence-electron chi connectivity index (χ0n) is 16.6. The molecular formula is C23H28N2O3. The first-order chi connectivity index (χ1) is 13.6. The molecule has 0 spiro atoms. The van der Waals surface area contributed by atoms with Crippen molar-refractivity contribution in [3.05, 3.63) is 64.7 Å². The number of hydrogen-bond donors (Lipinski definition) is 2. The highest BCUT2D eigenvalue weighted by Gasteiger charge is 2.16. The van der Waals surface area contributed by atoms with Gasteiger partial charge in [-0.25, -0.2) is 0 Å². The largest absolute Gasteiger partial charge is 0.381 e. The molecule has 1 heterocycles. The van der Waals surface area contributed by atoms with Gasteiger partial charge >= 0.3 is 0 Å². The summed E-state index contributed by atoms with van der Waals surface area (Å²) in [6, 6.07) is 13.0. The fourth-order valence-corrected chi connectivity index (χ4v) is 3.43. The molecule has 1 aliphatic rings. The van der Waals surface area contributed by atoms with Crippen LogP contribution >= 0.6 is 0 Å². The van der Waals surface area contributed by atoms with Gasteiger partial charge in [-0.3, -0.25) is 9.59 Å². The molecule has 2 aromatic rings. The molecule has 0 aromatic heterocycles. The second kappa shape index (κ2) is 9.51. The fraction of sp³-hybridized carbons (Fsp3) is 0.391. The fourth-order valence-electron chi connectivity index (χ4n) is 3.43. The number of amides is 2. The van der Waals surface area contributed by atoms with Gasteiger partial charge in [-0.1, -0.05) is 31.2 Å². The van der Waals surface area contributed by atoms with Gasteiger partial charge < -0.3 is 15.4 Å². The summed E-state index contributed by atoms with van der Waals surface area (Å²) >= 11 is 0. The third-order valence-corrected chi connectivity index (χ3v) is 5.28. The molecule has 0 unspecified atom stereocenters. The molecule has 5 nitrogen and oxygen atoms in total. The summed E-state index contributed by atoms with van der Waals surface area (Å²) in [6.45, 7) is 6.13. The maximum atomic E-state index is 12.7. The van der Waals surface area contributed by atoms with Gasteiger partial charge in [-0.05, 0) is 61.4 Å². The first-order valence-corrected chi connectivity index (χ1v) is 9.94. The van der Waals surface area contributed by atoms with Crippen LogP contribution in [-0.4, -0.2) is 31.6 Å². The Morgan fingerprint density at radius 1 is 1.07 bits per heavy atom. The van der Waals surface area contributed by atoms with Crippen LogP contribution in [0.1, 0.15) is 51.6 Å². The molecule has 148 valence electrons. The molecule has 2 N–H and O–H groups in total. The van der Waals surface area contributed by atoms with Gasteiger partial charge in [0, 0.05) is 36.6 Å². The van der Waals surface area contributed by atoms with Crippen LogP contribution in [0, 0.1) is 12.8 Å². The maximum absolute atomic E-state index is 12.7. The van der Waals surface area contributed by atoms with Gasteiger partial charge in [0.15, 0.2) is 0 Å². The zero-order chi connectivity index (χ0) is 19.9. The number of rotatable bonds is 6. The molecule has 0 atom stereocenters. The van der Waals surface area contributed by atoms with E-state index in [-0.39, 0.29) is 11.8 Å². The third kappa shape index (κ3) is 4.98. The summed E-state index contributed by atoms with van der Waals surface area (Å²) in [5, 5.41) is 5.98. The quantitative estimate of drug-likeness (QED) is 0.797. The van der Waals surface area contributed by atoms with Crippen LogP contribution in [0.3, 0.4) is 0 Å². The topological polar surface area (TPSA) is 67.4 Å². The molecule has 0 aliphatic carbocycles. The Balaban J connectivity index is 1.68. The first kappa shape index (κ1) is 20.1. The molecule has 0 saturated carbocycles. The second-order valence-corrected chi connectivity index (χ2v) is 7.26. The Hall–Kier alpha value is -2.66. The van der Waals surface area contributed by atoms with E-state index < -0.39 is 0 Å². The number of benzene rings is 2. The number of anilines is 1. The highest BCUT2D eigenvalue weighted by molar-refractivity contribution is 6.06. The van der Waals surface area contributed by atoms with Crippen LogP contribution in [0.5, 0.6) is 0 Å². The van der Waals surface area contributed by atoms with Gasteiger partial charge in [0.2, 0.25) is 0 Å². The van der Waals surface area contributed by atoms with Crippen molar-refractivity contribution in [3.63, 3.8) is 0 Å². The van der Waals surface area contributed by atoms with Crippen molar-refractivity contribution in [1.82, 2.24) is 5.32 Å². The van der Waals surface area contributed by atoms with Crippen molar-refractivity contribution >= 4 is 17.5 Å². The summed E-state index contributed by atoms with van der Waals surface area (Å²) in [6.07, 6.45) is 2.75. The average Bonchev–Trinajstić information content (AvgIpc) is 2.74. The Morgan fingerprint density at radius 3 is 2.57 bits per heavy atom. The maximum Gasteiger partial charge on any atom is 0.255 e. The van der Waals surface area contributed by atoms with Crippen molar-refractivity contribution in [1.29, 1.82) is 0 Å². The molecule has 1 fully saturated rings. The number of carbonyl (C=O) groups is 2. The number of aryl methyl sites for hydroxylation is 2. The smallest absolute Gasteiger partial charge is 0.255 e. The van der Waals surface area contributed by atoms with Crippen LogP contribution in [-0.2, 0) is 11.2 Å². The van der Waals surface area contributed by atoms with E-state index in [4.69, 9.17) is 4.74 Å². The average molecular weight is 380 g/mol. The Bertz CT molecular complexity index is 841. The van der Waals surface area contributed by atoms with Gasteiger partial charge in [-0.2, -0.15) is 0 Å². The Kier molecular flexibility index (Phi) is 6.82. The lowest BCUT2D eigenvalue weighted by molar-refractivity contribution is 0.0642. The lowest BCUT2D eigenvalue weighted by atomic mass is 10.0. The number of ether oxygens (including phenoxy) is 1. The number of nitrogens with one attached hydrogen (secondary N) is 2. The summed E-state index contributed by atoms with van der Waals surface area (Å²) in [5.41, 5.74) is 3.80. The standard InChI is InChI=1S/C23H28N2O3/c1-3-18-6-4-5-7-20(18)23(27)25-21-14-19(9-8-16(21)2)22(26)24-15-17-10-12-28-13-11-17/h4-9,14,17H,3,10-13,15H2,1-2H3,(H,24,26)(H,25,27). The van der Waals surface area contributed by atoms with Crippen LogP contribution in [0.2, 0.25) is 0 Å². The molecule has 2 aromatic carbocycles. The van der Waals surface area contributed by atoms with Crippen LogP contribution in [0.4, 0.5) is 5.69 Å². The molecule has 1 aliphatic heterocycles. The predicted octanol–water partition coefficient (Wildman–Crippen LogP) is 3.97. The number of carbonyl (C=O) groups excluding carboxylic acids is 2. The molecule has 3 rings (SSSR count). The van der Waals surface area contributed by atoms with Crippen molar-refractivity contribution in [2.24, 2.45) is 5.92 Å². The summed E-state index contributed by atoms with van der Waals surface area (Å²) in [4.78, 5) is 25.3. The molecule has 28 heavy (non-hydrogen) atoms. The summed E-state index contributed by atoms with van der Waals surface area (Å²) < 4.78 is 5.36. The van der Waals surface area contributed by atoms with Crippen LogP contribution < -0.4 is 10.6 Å². The van der Waals surface area contributed by atoms with E-state index >= 15 is 0 Å². The molecule has 0 radical (unpaired) electrons. The molecular weight excluding hydrogens is 352 g/mol. The zero-order valence-corrected chi connectivity index (χ0v) is 16.6. The van der Waals surface area contributed by atoms with Crippen molar-refractivity contribution < 1.29 is 14.3 Å². The molecule has 1 saturated heterocycles. The van der Waals surface area contributed by atoms with E-state index in [1.165, 1.54) is 0 Å². The minimum atomic E-state index is -0.152. The first-order valence-electron chi connectivity index (χ1n) is 9.94. The van der Waals surface area contributed by atoms with Crippen molar-refractivity contribution in [2.75, 3.05) is 25.1 Å². The predicted molar refractivity (Wildman–Crippen MR) is 111 cm³/mol. The summed E-state index contributed by atoms with van der Waals surface area (Å²) in [7, 11) is 0. The van der Waals surface area contributed by atoms with Crippen molar-refractivity contribution in [3.8, 4) is 0 Å². The minimum absolute atomic E-state index is 0.115. The molecule has 2 amide bonds. The normalized spacial score (nSPS) is 14.5. The van der Waals surface area contributed by atoms with Gasteiger partial charge in [0.25, 0.3) is 11.8 Å². The number of hydrogen-bond acceptors (Lipinski definition) is 3. The van der Waals surface area contributed by atoms with Crippen LogP contribution in [0.25, 0.3) is 0 Å². The minimum Gasteiger partial charge on any atom is -0.381 e. The second-order valence-electron chi connectivity index (χ2n) is 7.26. The van der Waals surface area contributed by atoms with Gasteiger partial charge in [-0.15, -0.1) is 0 Å². The van der Waals surface area contributed by atoms with Gasteiger partial charge in [0.05, 0.1) is 0 Å². The highest BCUT2D eigenvalue weighted by atomic mass is 16.5. The van der Waals surface area contributed by atoms with E-state index in [0.717, 1.165) is 43.6 Å². The lowest BCUT2D eigenvalue weighted by Gasteiger charge is -2.22. The van der Waals surface area contributed by atoms with E-state index in [1.54, 1.807) is 12.1 Å².